The lowest BCUT2D eigenvalue weighted by molar-refractivity contribution is -0.288. The number of benzene rings is 2. The van der Waals surface area contributed by atoms with Crippen molar-refractivity contribution in [2.24, 2.45) is 5.92 Å². The molecule has 1 saturated heterocycles. The number of halogens is 5. The molecule has 1 aromatic heterocycles. The molecule has 1 fully saturated rings. The number of ketones is 1. The van der Waals surface area contributed by atoms with Gasteiger partial charge in [-0.3, -0.25) is 4.79 Å². The summed E-state index contributed by atoms with van der Waals surface area (Å²) in [5, 5.41) is 14.6. The average Bonchev–Trinajstić information content (AvgIpc) is 3.23. The molecule has 172 valence electrons. The fourth-order valence-electron chi connectivity index (χ4n) is 3.69. The van der Waals surface area contributed by atoms with E-state index in [1.54, 1.807) is 24.3 Å². The Bertz CT molecular complexity index is 1210. The first-order valence-corrected chi connectivity index (χ1v) is 9.90. The summed E-state index contributed by atoms with van der Waals surface area (Å²) in [5.41, 5.74) is -3.72. The maximum absolute atomic E-state index is 13.9. The van der Waals surface area contributed by atoms with Crippen LogP contribution in [0.25, 0.3) is 11.3 Å². The van der Waals surface area contributed by atoms with E-state index in [0.29, 0.717) is 10.6 Å². The molecule has 2 heterocycles. The Hall–Kier alpha value is -3.37. The van der Waals surface area contributed by atoms with Crippen LogP contribution in [0.15, 0.2) is 65.1 Å². The van der Waals surface area contributed by atoms with Gasteiger partial charge in [0.2, 0.25) is 5.72 Å². The van der Waals surface area contributed by atoms with Gasteiger partial charge in [-0.05, 0) is 48.5 Å². The molecule has 0 radical (unpaired) electrons. The predicted molar refractivity (Wildman–Crippen MR) is 109 cm³/mol. The number of alkyl halides is 3. The number of rotatable bonds is 4. The van der Waals surface area contributed by atoms with Crippen LogP contribution < -0.4 is 10.6 Å². The van der Waals surface area contributed by atoms with Crippen LogP contribution in [-0.2, 0) is 0 Å². The highest BCUT2D eigenvalue weighted by Crippen LogP contribution is 2.44. The van der Waals surface area contributed by atoms with Crippen LogP contribution in [0.2, 0.25) is 5.02 Å². The molecule has 0 unspecified atom stereocenters. The Morgan fingerprint density at radius 1 is 1.09 bits per heavy atom. The minimum atomic E-state index is -5.42. The van der Waals surface area contributed by atoms with Crippen LogP contribution in [0.3, 0.4) is 0 Å². The van der Waals surface area contributed by atoms with Gasteiger partial charge in [-0.1, -0.05) is 23.7 Å². The minimum absolute atomic E-state index is 0.206. The number of nitrogens with one attached hydrogen (secondary N) is 2. The maximum atomic E-state index is 13.9. The van der Waals surface area contributed by atoms with Gasteiger partial charge in [0, 0.05) is 16.1 Å². The third-order valence-electron chi connectivity index (χ3n) is 5.26. The fraction of sp³-hybridized carbons (Fsp3) is 0.182. The van der Waals surface area contributed by atoms with Crippen molar-refractivity contribution in [3.8, 4) is 11.3 Å². The lowest BCUT2D eigenvalue weighted by Gasteiger charge is -2.44. The first-order valence-electron chi connectivity index (χ1n) is 9.53. The Balaban J connectivity index is 1.81. The lowest BCUT2D eigenvalue weighted by Crippen LogP contribution is -2.72. The first-order chi connectivity index (χ1) is 15.5. The van der Waals surface area contributed by atoms with E-state index in [-0.39, 0.29) is 17.1 Å². The number of carbonyl (C=O) groups excluding carboxylic acids is 2. The second-order valence-corrected chi connectivity index (χ2v) is 7.84. The van der Waals surface area contributed by atoms with Gasteiger partial charge in [0.05, 0.1) is 0 Å². The zero-order chi connectivity index (χ0) is 24.0. The van der Waals surface area contributed by atoms with Crippen LogP contribution in [0.4, 0.5) is 22.4 Å². The highest BCUT2D eigenvalue weighted by molar-refractivity contribution is 6.30. The van der Waals surface area contributed by atoms with E-state index in [9.17, 15) is 32.3 Å². The van der Waals surface area contributed by atoms with Crippen molar-refractivity contribution in [3.63, 3.8) is 0 Å². The molecule has 0 saturated carbocycles. The number of hydrogen-bond acceptors (Lipinski definition) is 4. The zero-order valence-corrected chi connectivity index (χ0v) is 17.2. The van der Waals surface area contributed by atoms with Gasteiger partial charge in [-0.15, -0.1) is 0 Å². The summed E-state index contributed by atoms with van der Waals surface area (Å²) in [5.74, 6) is -4.18. The predicted octanol–water partition coefficient (Wildman–Crippen LogP) is 4.84. The molecule has 0 spiro atoms. The topological polar surface area (TPSA) is 91.6 Å². The molecular formula is C22H15ClF4N2O4. The molecule has 33 heavy (non-hydrogen) atoms. The zero-order valence-electron chi connectivity index (χ0n) is 16.5. The number of urea groups is 1. The van der Waals surface area contributed by atoms with Gasteiger partial charge in [-0.25, -0.2) is 9.18 Å². The molecule has 0 bridgehead atoms. The van der Waals surface area contributed by atoms with Crippen LogP contribution in [0.5, 0.6) is 0 Å². The molecule has 11 heteroatoms. The highest BCUT2D eigenvalue weighted by atomic mass is 35.5. The summed E-state index contributed by atoms with van der Waals surface area (Å²) in [4.78, 5) is 25.2. The number of Topliss-reactive ketones (excluding diaryl/α,β-unsaturated/α-hetero) is 1. The number of furan rings is 1. The molecule has 1 aliphatic heterocycles. The van der Waals surface area contributed by atoms with E-state index >= 15 is 0 Å². The quantitative estimate of drug-likeness (QED) is 0.366. The van der Waals surface area contributed by atoms with Gasteiger partial charge in [0.15, 0.2) is 5.78 Å². The molecule has 3 aromatic rings. The van der Waals surface area contributed by atoms with Crippen molar-refractivity contribution >= 4 is 23.4 Å². The Morgan fingerprint density at radius 3 is 2.42 bits per heavy atom. The van der Waals surface area contributed by atoms with Crippen molar-refractivity contribution < 1.29 is 36.7 Å². The summed E-state index contributed by atoms with van der Waals surface area (Å²) in [7, 11) is 0. The van der Waals surface area contributed by atoms with Crippen molar-refractivity contribution in [1.29, 1.82) is 0 Å². The molecule has 2 amide bonds. The summed E-state index contributed by atoms with van der Waals surface area (Å²) in [6.45, 7) is 0. The SMILES string of the molecule is O=C1N[C@@H](c2ccc(-c3cccc(Cl)c3)o2)[C@H](C(=O)c2ccc(F)cc2)[C@@](O)(C(F)(F)F)N1. The third kappa shape index (κ3) is 4.19. The van der Waals surface area contributed by atoms with Crippen LogP contribution >= 0.6 is 11.6 Å². The normalized spacial score (nSPS) is 23.0. The van der Waals surface area contributed by atoms with Crippen molar-refractivity contribution in [1.82, 2.24) is 10.6 Å². The number of hydrogen-bond donors (Lipinski definition) is 3. The van der Waals surface area contributed by atoms with Gasteiger partial charge in [0.1, 0.15) is 29.3 Å². The minimum Gasteiger partial charge on any atom is -0.459 e. The Kier molecular flexibility index (Phi) is 5.67. The first kappa shape index (κ1) is 22.8. The fourth-order valence-corrected chi connectivity index (χ4v) is 3.88. The smallest absolute Gasteiger partial charge is 0.437 e. The molecule has 3 N–H and O–H groups in total. The largest absolute Gasteiger partial charge is 0.459 e. The number of amides is 2. The third-order valence-corrected chi connectivity index (χ3v) is 5.50. The standard InChI is InChI=1S/C22H15ClF4N2O4/c23-13-3-1-2-12(10-13)15-8-9-16(33-15)18-17(19(30)11-4-6-14(24)7-5-11)21(32,22(25,26)27)29-20(31)28-18/h1-10,17-18,32H,(H2,28,29,31)/t17-,18+,21-/m1/s1. The lowest BCUT2D eigenvalue weighted by atomic mass is 9.79. The van der Waals surface area contributed by atoms with E-state index in [0.717, 1.165) is 24.3 Å². The van der Waals surface area contributed by atoms with Gasteiger partial charge >= 0.3 is 12.2 Å². The second-order valence-electron chi connectivity index (χ2n) is 7.40. The van der Waals surface area contributed by atoms with Gasteiger partial charge in [0.25, 0.3) is 0 Å². The molecule has 3 atom stereocenters. The van der Waals surface area contributed by atoms with Gasteiger partial charge in [-0.2, -0.15) is 13.2 Å². The van der Waals surface area contributed by atoms with Gasteiger partial charge < -0.3 is 20.2 Å². The molecule has 0 aliphatic carbocycles. The number of carbonyl (C=O) groups is 2. The summed E-state index contributed by atoms with van der Waals surface area (Å²) in [6.07, 6.45) is -5.42. The summed E-state index contributed by atoms with van der Waals surface area (Å²) < 4.78 is 60.8. The second kappa shape index (κ2) is 8.20. The number of aliphatic hydroxyl groups is 1. The highest BCUT2D eigenvalue weighted by Gasteiger charge is 2.66. The van der Waals surface area contributed by atoms with Crippen molar-refractivity contribution in [2.45, 2.75) is 17.9 Å². The maximum Gasteiger partial charge on any atom is 0.437 e. The van der Waals surface area contributed by atoms with E-state index in [1.807, 2.05) is 0 Å². The van der Waals surface area contributed by atoms with E-state index < -0.39 is 41.5 Å². The Labute approximate surface area is 189 Å². The van der Waals surface area contributed by atoms with Crippen molar-refractivity contribution in [3.05, 3.63) is 82.8 Å². The average molecular weight is 483 g/mol. The molecule has 2 aromatic carbocycles. The Morgan fingerprint density at radius 2 is 1.79 bits per heavy atom. The van der Waals surface area contributed by atoms with E-state index in [1.165, 1.54) is 17.4 Å². The van der Waals surface area contributed by atoms with E-state index in [2.05, 4.69) is 5.32 Å². The molecule has 6 nitrogen and oxygen atoms in total. The monoisotopic (exact) mass is 482 g/mol. The molecule has 4 rings (SSSR count). The summed E-state index contributed by atoms with van der Waals surface area (Å²) in [6, 6.07) is 9.87. The van der Waals surface area contributed by atoms with Crippen molar-refractivity contribution in [2.75, 3.05) is 0 Å². The van der Waals surface area contributed by atoms with E-state index in [4.69, 9.17) is 16.0 Å². The summed E-state index contributed by atoms with van der Waals surface area (Å²) >= 11 is 5.96. The van der Waals surface area contributed by atoms with Crippen LogP contribution in [-0.4, -0.2) is 28.8 Å². The van der Waals surface area contributed by atoms with Crippen LogP contribution in [0.1, 0.15) is 22.2 Å². The van der Waals surface area contributed by atoms with Crippen LogP contribution in [0, 0.1) is 11.7 Å². The molecular weight excluding hydrogens is 468 g/mol. The molecule has 1 aliphatic rings.